The number of carboxylic acids is 1. The van der Waals surface area contributed by atoms with Crippen molar-refractivity contribution in [2.24, 2.45) is 0 Å². The highest BCUT2D eigenvalue weighted by Crippen LogP contribution is 2.40. The van der Waals surface area contributed by atoms with E-state index in [9.17, 15) is 14.7 Å². The number of esters is 1. The minimum absolute atomic E-state index is 0.0466. The molecule has 0 atom stereocenters. The maximum absolute atomic E-state index is 12.4. The van der Waals surface area contributed by atoms with Gasteiger partial charge >= 0.3 is 11.9 Å². The number of ether oxygens (including phenoxy) is 1. The highest BCUT2D eigenvalue weighted by atomic mass is 32.2. The maximum Gasteiger partial charge on any atom is 0.341 e. The molecule has 1 aromatic heterocycles. The van der Waals surface area contributed by atoms with Crippen LogP contribution in [-0.2, 0) is 17.1 Å². The summed E-state index contributed by atoms with van der Waals surface area (Å²) in [4.78, 5) is 29.6. The second-order valence-electron chi connectivity index (χ2n) is 6.42. The molecule has 0 bridgehead atoms. The summed E-state index contributed by atoms with van der Waals surface area (Å²) in [5.41, 5.74) is 3.44. The van der Waals surface area contributed by atoms with Crippen molar-refractivity contribution >= 4 is 23.7 Å². The second kappa shape index (κ2) is 7.48. The monoisotopic (exact) mass is 391 g/mol. The van der Waals surface area contributed by atoms with Crippen molar-refractivity contribution in [3.8, 4) is 11.1 Å². The Morgan fingerprint density at radius 2 is 1.82 bits per heavy atom. The Balaban J connectivity index is 1.86. The summed E-state index contributed by atoms with van der Waals surface area (Å²) >= 11 is 1.60. The van der Waals surface area contributed by atoms with Gasteiger partial charge in [0.05, 0.1) is 22.5 Å². The molecule has 0 saturated carbocycles. The van der Waals surface area contributed by atoms with Crippen LogP contribution in [0.5, 0.6) is 0 Å². The van der Waals surface area contributed by atoms with Crippen molar-refractivity contribution in [2.45, 2.75) is 24.2 Å². The van der Waals surface area contributed by atoms with Crippen molar-refractivity contribution in [1.29, 1.82) is 0 Å². The number of benzene rings is 2. The van der Waals surface area contributed by atoms with E-state index in [2.05, 4.69) is 4.98 Å². The third kappa shape index (κ3) is 3.27. The number of nitrogens with zero attached hydrogens (tertiary/aromatic N) is 1. The van der Waals surface area contributed by atoms with Crippen LogP contribution in [0.15, 0.2) is 59.5 Å². The topological polar surface area (TPSA) is 76.5 Å². The molecule has 28 heavy (non-hydrogen) atoms. The zero-order valence-electron chi connectivity index (χ0n) is 15.1. The SMILES string of the molecule is Cc1nc2c(c(-c3ccccc3SCc3ccccc3)c1C(=O)O)C(=O)OC2. The molecule has 0 aliphatic carbocycles. The van der Waals surface area contributed by atoms with E-state index in [1.165, 1.54) is 0 Å². The average Bonchev–Trinajstić information content (AvgIpc) is 3.06. The molecule has 6 heteroatoms. The van der Waals surface area contributed by atoms with Gasteiger partial charge in [0.15, 0.2) is 0 Å². The van der Waals surface area contributed by atoms with Crippen molar-refractivity contribution in [3.63, 3.8) is 0 Å². The quantitative estimate of drug-likeness (QED) is 0.501. The first-order chi connectivity index (χ1) is 13.6. The largest absolute Gasteiger partial charge is 0.478 e. The molecule has 3 aromatic rings. The van der Waals surface area contributed by atoms with Gasteiger partial charge in [-0.1, -0.05) is 48.5 Å². The molecule has 2 heterocycles. The van der Waals surface area contributed by atoms with E-state index in [-0.39, 0.29) is 17.7 Å². The first-order valence-corrected chi connectivity index (χ1v) is 9.75. The summed E-state index contributed by atoms with van der Waals surface area (Å²) < 4.78 is 5.14. The van der Waals surface area contributed by atoms with E-state index in [4.69, 9.17) is 4.74 Å². The van der Waals surface area contributed by atoms with Gasteiger partial charge < -0.3 is 9.84 Å². The number of cyclic esters (lactones) is 1. The van der Waals surface area contributed by atoms with Crippen LogP contribution in [0.2, 0.25) is 0 Å². The Bertz CT molecular complexity index is 1080. The molecule has 140 valence electrons. The molecule has 4 rings (SSSR count). The number of pyridine rings is 1. The molecule has 5 nitrogen and oxygen atoms in total. The third-order valence-electron chi connectivity index (χ3n) is 4.60. The van der Waals surface area contributed by atoms with Crippen LogP contribution >= 0.6 is 11.8 Å². The predicted molar refractivity (Wildman–Crippen MR) is 106 cm³/mol. The number of fused-ring (bicyclic) bond motifs is 1. The number of thioether (sulfide) groups is 1. The Morgan fingerprint density at radius 3 is 2.57 bits per heavy atom. The van der Waals surface area contributed by atoms with Crippen LogP contribution in [0.4, 0.5) is 0 Å². The summed E-state index contributed by atoms with van der Waals surface area (Å²) in [5.74, 6) is -0.898. The van der Waals surface area contributed by atoms with E-state index in [0.717, 1.165) is 16.2 Å². The van der Waals surface area contributed by atoms with Gasteiger partial charge in [-0.15, -0.1) is 11.8 Å². The second-order valence-corrected chi connectivity index (χ2v) is 7.44. The van der Waals surface area contributed by atoms with Crippen LogP contribution in [0.25, 0.3) is 11.1 Å². The van der Waals surface area contributed by atoms with E-state index >= 15 is 0 Å². The van der Waals surface area contributed by atoms with E-state index in [1.807, 2.05) is 54.6 Å². The minimum Gasteiger partial charge on any atom is -0.478 e. The predicted octanol–water partition coefficient (Wildman–Crippen LogP) is 4.72. The Kier molecular flexibility index (Phi) is 4.88. The zero-order chi connectivity index (χ0) is 19.7. The van der Waals surface area contributed by atoms with Gasteiger partial charge in [-0.2, -0.15) is 0 Å². The number of carboxylic acid groups (broad SMARTS) is 1. The minimum atomic E-state index is -1.11. The third-order valence-corrected chi connectivity index (χ3v) is 5.75. The smallest absolute Gasteiger partial charge is 0.341 e. The fourth-order valence-corrected chi connectivity index (χ4v) is 4.38. The highest BCUT2D eigenvalue weighted by molar-refractivity contribution is 7.98. The molecule has 0 saturated heterocycles. The molecule has 0 amide bonds. The summed E-state index contributed by atoms with van der Waals surface area (Å²) in [7, 11) is 0. The molecule has 0 radical (unpaired) electrons. The Morgan fingerprint density at radius 1 is 1.11 bits per heavy atom. The summed E-state index contributed by atoms with van der Waals surface area (Å²) in [6.07, 6.45) is 0. The first-order valence-electron chi connectivity index (χ1n) is 8.76. The number of hydrogen-bond acceptors (Lipinski definition) is 5. The van der Waals surface area contributed by atoms with E-state index in [1.54, 1.807) is 18.7 Å². The highest BCUT2D eigenvalue weighted by Gasteiger charge is 2.33. The maximum atomic E-state index is 12.4. The lowest BCUT2D eigenvalue weighted by Crippen LogP contribution is -2.11. The van der Waals surface area contributed by atoms with Gasteiger partial charge in [-0.3, -0.25) is 4.98 Å². The van der Waals surface area contributed by atoms with Crippen molar-refractivity contribution < 1.29 is 19.4 Å². The van der Waals surface area contributed by atoms with Gasteiger partial charge in [0.25, 0.3) is 0 Å². The lowest BCUT2D eigenvalue weighted by Gasteiger charge is -2.15. The van der Waals surface area contributed by atoms with Gasteiger partial charge in [0, 0.05) is 16.2 Å². The molecule has 0 spiro atoms. The number of aryl methyl sites for hydroxylation is 1. The fraction of sp³-hybridized carbons (Fsp3) is 0.136. The molecule has 2 aromatic carbocycles. The molecular weight excluding hydrogens is 374 g/mol. The zero-order valence-corrected chi connectivity index (χ0v) is 16.0. The van der Waals surface area contributed by atoms with Gasteiger partial charge in [-0.25, -0.2) is 9.59 Å². The number of hydrogen-bond donors (Lipinski definition) is 1. The molecule has 1 N–H and O–H groups in total. The first kappa shape index (κ1) is 18.3. The molecule has 0 fully saturated rings. The number of carbonyl (C=O) groups is 2. The average molecular weight is 391 g/mol. The Hall–Kier alpha value is -3.12. The van der Waals surface area contributed by atoms with Crippen LogP contribution in [0.3, 0.4) is 0 Å². The molecule has 0 unspecified atom stereocenters. The summed E-state index contributed by atoms with van der Waals surface area (Å²) in [5, 5.41) is 9.83. The van der Waals surface area contributed by atoms with Crippen LogP contribution < -0.4 is 0 Å². The number of carbonyl (C=O) groups excluding carboxylic acids is 1. The lowest BCUT2D eigenvalue weighted by atomic mass is 9.93. The number of rotatable bonds is 5. The van der Waals surface area contributed by atoms with Crippen molar-refractivity contribution in [1.82, 2.24) is 4.98 Å². The fourth-order valence-electron chi connectivity index (χ4n) is 3.36. The van der Waals surface area contributed by atoms with Crippen LogP contribution in [-0.4, -0.2) is 22.0 Å². The summed E-state index contributed by atoms with van der Waals surface area (Å²) in [6, 6.07) is 17.6. The van der Waals surface area contributed by atoms with Gasteiger partial charge in [-0.05, 0) is 24.1 Å². The standard InChI is InChI=1S/C22H17NO4S/c1-13-18(21(24)25)19(20-16(23-13)11-27-22(20)26)15-9-5-6-10-17(15)28-12-14-7-3-2-4-8-14/h2-10H,11-12H2,1H3,(H,24,25). The van der Waals surface area contributed by atoms with Crippen LogP contribution in [0, 0.1) is 6.92 Å². The molecular formula is C22H17NO4S. The Labute approximate surface area is 166 Å². The normalized spacial score (nSPS) is 12.5. The van der Waals surface area contributed by atoms with Gasteiger partial charge in [0.1, 0.15) is 6.61 Å². The van der Waals surface area contributed by atoms with Gasteiger partial charge in [0.2, 0.25) is 0 Å². The van der Waals surface area contributed by atoms with Crippen LogP contribution in [0.1, 0.15) is 37.7 Å². The van der Waals surface area contributed by atoms with E-state index in [0.29, 0.717) is 22.5 Å². The lowest BCUT2D eigenvalue weighted by molar-refractivity contribution is 0.0533. The van der Waals surface area contributed by atoms with E-state index < -0.39 is 11.9 Å². The van der Waals surface area contributed by atoms with Crippen molar-refractivity contribution in [2.75, 3.05) is 0 Å². The number of aromatic nitrogens is 1. The molecule has 1 aliphatic rings. The summed E-state index contributed by atoms with van der Waals surface area (Å²) in [6.45, 7) is 1.72. The van der Waals surface area contributed by atoms with Crippen molar-refractivity contribution in [3.05, 3.63) is 82.7 Å². The number of aromatic carboxylic acids is 1. The molecule has 1 aliphatic heterocycles.